The summed E-state index contributed by atoms with van der Waals surface area (Å²) >= 11 is 0. The van der Waals surface area contributed by atoms with Crippen LogP contribution in [0.5, 0.6) is 5.75 Å². The van der Waals surface area contributed by atoms with E-state index in [0.29, 0.717) is 25.3 Å². The molecule has 0 aliphatic heterocycles. The van der Waals surface area contributed by atoms with E-state index in [4.69, 9.17) is 21.3 Å². The predicted octanol–water partition coefficient (Wildman–Crippen LogP) is -5.29. The molecule has 0 saturated heterocycles. The Balaban J connectivity index is -0.0000000844. The van der Waals surface area contributed by atoms with Crippen LogP contribution in [0.15, 0.2) is 24.3 Å². The second-order valence-electron chi connectivity index (χ2n) is 2.84. The summed E-state index contributed by atoms with van der Waals surface area (Å²) in [5.74, 6) is -0.222. The van der Waals surface area contributed by atoms with Crippen molar-refractivity contribution in [2.24, 2.45) is 11.5 Å². The van der Waals surface area contributed by atoms with Gasteiger partial charge in [-0.25, -0.2) is 4.79 Å². The Morgan fingerprint density at radius 3 is 2.00 bits per heavy atom. The molecule has 0 aliphatic carbocycles. The van der Waals surface area contributed by atoms with E-state index in [1.807, 2.05) is 0 Å². The number of nitrogens with two attached hydrogens (primary N) is 2. The van der Waals surface area contributed by atoms with Crippen molar-refractivity contribution in [1.82, 2.24) is 0 Å². The topological polar surface area (TPSA) is 98.6 Å². The fourth-order valence-electron chi connectivity index (χ4n) is 0.812. The summed E-state index contributed by atoms with van der Waals surface area (Å²) < 4.78 is 4.75. The van der Waals surface area contributed by atoms with Gasteiger partial charge in [-0.05, 0) is 31.2 Å². The molecule has 94 valence electrons. The zero-order chi connectivity index (χ0) is 12.4. The quantitative estimate of drug-likeness (QED) is 0.378. The molecule has 1 aromatic carbocycles. The first-order valence-electron chi connectivity index (χ1n) is 5.02. The van der Waals surface area contributed by atoms with Crippen LogP contribution in [-0.4, -0.2) is 30.8 Å². The third-order valence-corrected chi connectivity index (χ3v) is 1.55. The van der Waals surface area contributed by atoms with E-state index >= 15 is 0 Å². The van der Waals surface area contributed by atoms with Crippen LogP contribution in [0.2, 0.25) is 0 Å². The predicted molar refractivity (Wildman–Crippen MR) is 64.4 cm³/mol. The first-order chi connectivity index (χ1) is 7.65. The molecular formula is C11H20N2Na2O3. The minimum atomic E-state index is -0.363. The van der Waals surface area contributed by atoms with Crippen LogP contribution in [0.3, 0.4) is 0 Å². The number of benzene rings is 1. The average Bonchev–Trinajstić information content (AvgIpc) is 2.30. The van der Waals surface area contributed by atoms with Gasteiger partial charge in [-0.2, -0.15) is 0 Å². The molecule has 0 radical (unpaired) electrons. The number of rotatable bonds is 3. The molecule has 1 aromatic rings. The van der Waals surface area contributed by atoms with E-state index in [1.165, 1.54) is 24.3 Å². The SMILES string of the molecule is CCOC(=O)c1ccc(O)cc1.NCCN.[H-].[H-].[Na+].[Na+]. The number of hydrogen-bond donors (Lipinski definition) is 3. The molecule has 0 unspecified atom stereocenters. The molecule has 5 nitrogen and oxygen atoms in total. The summed E-state index contributed by atoms with van der Waals surface area (Å²) in [6.45, 7) is 3.30. The Hall–Kier alpha value is 0.410. The Bertz CT molecular complexity index is 315. The molecule has 0 aliphatic rings. The van der Waals surface area contributed by atoms with E-state index in [0.717, 1.165) is 0 Å². The fraction of sp³-hybridized carbons (Fsp3) is 0.364. The number of esters is 1. The van der Waals surface area contributed by atoms with E-state index in [-0.39, 0.29) is 73.7 Å². The van der Waals surface area contributed by atoms with Gasteiger partial charge < -0.3 is 24.2 Å². The molecule has 0 amide bonds. The van der Waals surface area contributed by atoms with Crippen molar-refractivity contribution in [2.75, 3.05) is 19.7 Å². The zero-order valence-corrected chi connectivity index (χ0v) is 15.3. The van der Waals surface area contributed by atoms with Gasteiger partial charge in [-0.15, -0.1) is 0 Å². The number of carbonyl (C=O) groups excluding carboxylic acids is 1. The number of carbonyl (C=O) groups is 1. The molecule has 7 heteroatoms. The molecule has 0 spiro atoms. The zero-order valence-electron chi connectivity index (χ0n) is 13.3. The molecule has 1 rings (SSSR count). The van der Waals surface area contributed by atoms with Gasteiger partial charge in [0.05, 0.1) is 12.2 Å². The van der Waals surface area contributed by atoms with Crippen LogP contribution in [0.25, 0.3) is 0 Å². The second-order valence-corrected chi connectivity index (χ2v) is 2.84. The Morgan fingerprint density at radius 1 is 1.22 bits per heavy atom. The second kappa shape index (κ2) is 15.5. The van der Waals surface area contributed by atoms with Gasteiger partial charge in [0.2, 0.25) is 0 Å². The minimum Gasteiger partial charge on any atom is -1.00 e. The summed E-state index contributed by atoms with van der Waals surface area (Å²) in [5.41, 5.74) is 10.3. The summed E-state index contributed by atoms with van der Waals surface area (Å²) in [7, 11) is 0. The van der Waals surface area contributed by atoms with Crippen LogP contribution in [0.1, 0.15) is 20.1 Å². The number of ether oxygens (including phenoxy) is 1. The Morgan fingerprint density at radius 2 is 1.67 bits per heavy atom. The molecule has 0 atom stereocenters. The van der Waals surface area contributed by atoms with Gasteiger partial charge in [0, 0.05) is 13.1 Å². The van der Waals surface area contributed by atoms with Crippen LogP contribution in [0.4, 0.5) is 0 Å². The molecule has 0 aromatic heterocycles. The maximum absolute atomic E-state index is 11.1. The Kier molecular flexibility index (Phi) is 20.2. The number of aromatic hydroxyl groups is 1. The summed E-state index contributed by atoms with van der Waals surface area (Å²) in [6, 6.07) is 5.94. The molecule has 0 bridgehead atoms. The first-order valence-corrected chi connectivity index (χ1v) is 5.02. The van der Waals surface area contributed by atoms with Crippen LogP contribution in [-0.2, 0) is 4.74 Å². The molecule has 0 heterocycles. The number of hydrogen-bond acceptors (Lipinski definition) is 5. The van der Waals surface area contributed by atoms with E-state index in [2.05, 4.69) is 0 Å². The Labute approximate surface area is 155 Å². The molecule has 0 fully saturated rings. The summed E-state index contributed by atoms with van der Waals surface area (Å²) in [4.78, 5) is 11.1. The van der Waals surface area contributed by atoms with Crippen molar-refractivity contribution in [3.05, 3.63) is 29.8 Å². The van der Waals surface area contributed by atoms with Gasteiger partial charge >= 0.3 is 65.1 Å². The third kappa shape index (κ3) is 11.5. The molecule has 5 N–H and O–H groups in total. The maximum atomic E-state index is 11.1. The van der Waals surface area contributed by atoms with Gasteiger partial charge in [0.15, 0.2) is 0 Å². The van der Waals surface area contributed by atoms with Gasteiger partial charge in [-0.3, -0.25) is 0 Å². The van der Waals surface area contributed by atoms with E-state index in [1.54, 1.807) is 6.92 Å². The molecule has 18 heavy (non-hydrogen) atoms. The van der Waals surface area contributed by atoms with Crippen molar-refractivity contribution in [3.8, 4) is 5.75 Å². The first kappa shape index (κ1) is 23.5. The van der Waals surface area contributed by atoms with Gasteiger partial charge in [-0.1, -0.05) is 0 Å². The van der Waals surface area contributed by atoms with Crippen molar-refractivity contribution in [3.63, 3.8) is 0 Å². The maximum Gasteiger partial charge on any atom is 1.00 e. The van der Waals surface area contributed by atoms with Crippen molar-refractivity contribution in [2.45, 2.75) is 6.92 Å². The monoisotopic (exact) mass is 274 g/mol. The van der Waals surface area contributed by atoms with E-state index < -0.39 is 0 Å². The average molecular weight is 274 g/mol. The van der Waals surface area contributed by atoms with Crippen LogP contribution in [0, 0.1) is 0 Å². The smallest absolute Gasteiger partial charge is 1.00 e. The van der Waals surface area contributed by atoms with E-state index in [9.17, 15) is 4.79 Å². The van der Waals surface area contributed by atoms with Crippen molar-refractivity contribution in [1.29, 1.82) is 0 Å². The molecular weight excluding hydrogens is 254 g/mol. The standard InChI is InChI=1S/C9H10O3.C2H8N2.2Na.2H/c1-2-12-9(11)7-3-5-8(10)6-4-7;3-1-2-4;;;;/h3-6,10H,2H2,1H3;1-4H2;;;;/q;;2*+1;2*-1. The van der Waals surface area contributed by atoms with Crippen LogP contribution >= 0.6 is 0 Å². The summed E-state index contributed by atoms with van der Waals surface area (Å²) in [6.07, 6.45) is 0. The summed E-state index contributed by atoms with van der Waals surface area (Å²) in [5, 5.41) is 8.92. The number of phenols is 1. The largest absolute Gasteiger partial charge is 1.00 e. The van der Waals surface area contributed by atoms with Crippen LogP contribution < -0.4 is 70.6 Å². The van der Waals surface area contributed by atoms with Gasteiger partial charge in [0.25, 0.3) is 0 Å². The van der Waals surface area contributed by atoms with Gasteiger partial charge in [0.1, 0.15) is 5.75 Å². The van der Waals surface area contributed by atoms with Crippen molar-refractivity contribution >= 4 is 5.97 Å². The minimum absolute atomic E-state index is 0. The third-order valence-electron chi connectivity index (χ3n) is 1.55. The molecule has 0 saturated carbocycles. The fourth-order valence-corrected chi connectivity index (χ4v) is 0.812. The number of phenolic OH excluding ortho intramolecular Hbond substituents is 1. The van der Waals surface area contributed by atoms with Crippen molar-refractivity contribution < 1.29 is 76.6 Å². The normalized spacial score (nSPS) is 7.94.